The number of hydrogen-bond acceptors (Lipinski definition) is 4. The van der Waals surface area contributed by atoms with Crippen molar-refractivity contribution in [3.63, 3.8) is 0 Å². The van der Waals surface area contributed by atoms with E-state index in [9.17, 15) is 14.9 Å². The summed E-state index contributed by atoms with van der Waals surface area (Å²) in [6.45, 7) is 1.89. The maximum absolute atomic E-state index is 12.2. The number of hydrogen-bond donors (Lipinski definition) is 2. The molecular formula is C14H12BrN3O3. The highest BCUT2D eigenvalue weighted by Crippen LogP contribution is 2.23. The van der Waals surface area contributed by atoms with Crippen LogP contribution in [-0.4, -0.2) is 10.8 Å². The Morgan fingerprint density at radius 2 is 2.00 bits per heavy atom. The number of benzene rings is 2. The van der Waals surface area contributed by atoms with Gasteiger partial charge in [-0.25, -0.2) is 0 Å². The van der Waals surface area contributed by atoms with Crippen molar-refractivity contribution in [2.75, 3.05) is 11.1 Å². The molecule has 0 spiro atoms. The van der Waals surface area contributed by atoms with Crippen LogP contribution in [0.5, 0.6) is 0 Å². The first-order chi connectivity index (χ1) is 9.86. The molecule has 0 unspecified atom stereocenters. The molecule has 108 valence electrons. The van der Waals surface area contributed by atoms with Gasteiger partial charge in [-0.05, 0) is 36.8 Å². The second-order valence-electron chi connectivity index (χ2n) is 4.50. The lowest BCUT2D eigenvalue weighted by atomic mass is 10.1. The molecule has 3 N–H and O–H groups in total. The Labute approximate surface area is 129 Å². The minimum atomic E-state index is -0.570. The molecule has 2 aromatic rings. The van der Waals surface area contributed by atoms with Gasteiger partial charge >= 0.3 is 0 Å². The van der Waals surface area contributed by atoms with E-state index in [-0.39, 0.29) is 16.9 Å². The molecule has 1 amide bonds. The predicted octanol–water partition coefficient (Wildman–Crippen LogP) is 3.50. The number of amides is 1. The molecule has 7 heteroatoms. The molecule has 0 aliphatic carbocycles. The molecule has 21 heavy (non-hydrogen) atoms. The summed E-state index contributed by atoms with van der Waals surface area (Å²) in [6.07, 6.45) is 0. The molecule has 2 rings (SSSR count). The third kappa shape index (κ3) is 3.57. The highest BCUT2D eigenvalue weighted by Gasteiger charge is 2.15. The van der Waals surface area contributed by atoms with Gasteiger partial charge in [0.15, 0.2) is 0 Å². The van der Waals surface area contributed by atoms with E-state index in [1.54, 1.807) is 12.1 Å². The Morgan fingerprint density at radius 3 is 2.62 bits per heavy atom. The van der Waals surface area contributed by atoms with Crippen LogP contribution in [0.3, 0.4) is 0 Å². The number of non-ortho nitro benzene ring substituents is 1. The normalized spacial score (nSPS) is 10.2. The Hall–Kier alpha value is -2.41. The number of nitro benzene ring substituents is 1. The number of nitro groups is 1. The van der Waals surface area contributed by atoms with Crippen molar-refractivity contribution in [3.8, 4) is 0 Å². The molecule has 0 fully saturated rings. The second-order valence-corrected chi connectivity index (χ2v) is 5.42. The van der Waals surface area contributed by atoms with Gasteiger partial charge in [0.1, 0.15) is 0 Å². The van der Waals surface area contributed by atoms with E-state index in [1.807, 2.05) is 13.0 Å². The first-order valence-corrected chi connectivity index (χ1v) is 6.78. The lowest BCUT2D eigenvalue weighted by Gasteiger charge is -2.09. The number of rotatable bonds is 3. The van der Waals surface area contributed by atoms with Crippen molar-refractivity contribution in [2.45, 2.75) is 6.92 Å². The summed E-state index contributed by atoms with van der Waals surface area (Å²) in [5, 5.41) is 13.4. The van der Waals surface area contributed by atoms with Crippen LogP contribution >= 0.6 is 15.9 Å². The third-order valence-corrected chi connectivity index (χ3v) is 3.25. The molecule has 0 aliphatic rings. The van der Waals surface area contributed by atoms with Gasteiger partial charge in [0.25, 0.3) is 11.6 Å². The number of anilines is 2. The van der Waals surface area contributed by atoms with Crippen molar-refractivity contribution in [2.24, 2.45) is 0 Å². The fourth-order valence-electron chi connectivity index (χ4n) is 1.86. The highest BCUT2D eigenvalue weighted by atomic mass is 79.9. The van der Waals surface area contributed by atoms with Crippen LogP contribution in [0, 0.1) is 17.0 Å². The Bertz CT molecular complexity index is 711. The Kier molecular flexibility index (Phi) is 4.23. The van der Waals surface area contributed by atoms with Crippen LogP contribution in [0.15, 0.2) is 40.9 Å². The average molecular weight is 350 g/mol. The van der Waals surface area contributed by atoms with Crippen molar-refractivity contribution in [1.29, 1.82) is 0 Å². The number of nitrogen functional groups attached to an aromatic ring is 1. The summed E-state index contributed by atoms with van der Waals surface area (Å²) < 4.78 is 0.824. The number of carbonyl (C=O) groups is 1. The molecule has 0 bridgehead atoms. The summed E-state index contributed by atoms with van der Waals surface area (Å²) in [5.74, 6) is -0.492. The summed E-state index contributed by atoms with van der Waals surface area (Å²) >= 11 is 3.34. The summed E-state index contributed by atoms with van der Waals surface area (Å²) in [4.78, 5) is 22.4. The number of aryl methyl sites for hydroxylation is 1. The zero-order valence-corrected chi connectivity index (χ0v) is 12.7. The third-order valence-electron chi connectivity index (χ3n) is 2.79. The largest absolute Gasteiger partial charge is 0.398 e. The van der Waals surface area contributed by atoms with Crippen LogP contribution in [0.25, 0.3) is 0 Å². The van der Waals surface area contributed by atoms with E-state index in [0.717, 1.165) is 16.1 Å². The fourth-order valence-corrected chi connectivity index (χ4v) is 2.47. The highest BCUT2D eigenvalue weighted by molar-refractivity contribution is 9.10. The van der Waals surface area contributed by atoms with Gasteiger partial charge in [-0.15, -0.1) is 0 Å². The molecule has 0 heterocycles. The van der Waals surface area contributed by atoms with E-state index in [0.29, 0.717) is 5.69 Å². The van der Waals surface area contributed by atoms with Gasteiger partial charge in [-0.1, -0.05) is 15.9 Å². The maximum Gasteiger partial charge on any atom is 0.270 e. The standard InChI is InChI=1S/C14H12BrN3O3/c1-8-4-9(15)6-10(5-8)17-14(19)12-7-11(18(20)21)2-3-13(12)16/h2-7H,16H2,1H3,(H,17,19). The SMILES string of the molecule is Cc1cc(Br)cc(NC(=O)c2cc([N+](=O)[O-])ccc2N)c1. The van der Waals surface area contributed by atoms with Crippen LogP contribution in [0.1, 0.15) is 15.9 Å². The molecule has 2 aromatic carbocycles. The minimum Gasteiger partial charge on any atom is -0.398 e. The van der Waals surface area contributed by atoms with Crippen LogP contribution in [0.2, 0.25) is 0 Å². The van der Waals surface area contributed by atoms with Gasteiger partial charge in [0.2, 0.25) is 0 Å². The Balaban J connectivity index is 2.31. The predicted molar refractivity (Wildman–Crippen MR) is 84.3 cm³/mol. The summed E-state index contributed by atoms with van der Waals surface area (Å²) in [6, 6.07) is 9.19. The van der Waals surface area contributed by atoms with Crippen LogP contribution in [-0.2, 0) is 0 Å². The molecule has 0 saturated heterocycles. The zero-order valence-electron chi connectivity index (χ0n) is 11.1. The number of nitrogens with zero attached hydrogens (tertiary/aromatic N) is 1. The molecule has 0 atom stereocenters. The van der Waals surface area contributed by atoms with Crippen molar-refractivity contribution < 1.29 is 9.72 Å². The summed E-state index contributed by atoms with van der Waals surface area (Å²) in [5.41, 5.74) is 7.33. The minimum absolute atomic E-state index is 0.0711. The molecular weight excluding hydrogens is 338 g/mol. The maximum atomic E-state index is 12.2. The lowest BCUT2D eigenvalue weighted by Crippen LogP contribution is -2.14. The molecule has 0 saturated carbocycles. The van der Waals surface area contributed by atoms with Gasteiger partial charge in [-0.2, -0.15) is 0 Å². The quantitative estimate of drug-likeness (QED) is 0.503. The monoisotopic (exact) mass is 349 g/mol. The average Bonchev–Trinajstić information content (AvgIpc) is 2.37. The zero-order chi connectivity index (χ0) is 15.6. The number of nitrogens with one attached hydrogen (secondary N) is 1. The number of halogens is 1. The van der Waals surface area contributed by atoms with E-state index in [2.05, 4.69) is 21.2 Å². The van der Waals surface area contributed by atoms with Crippen LogP contribution in [0.4, 0.5) is 17.1 Å². The first-order valence-electron chi connectivity index (χ1n) is 5.99. The van der Waals surface area contributed by atoms with Gasteiger partial charge in [0, 0.05) is 28.0 Å². The van der Waals surface area contributed by atoms with Crippen molar-refractivity contribution in [1.82, 2.24) is 0 Å². The van der Waals surface area contributed by atoms with E-state index in [4.69, 9.17) is 5.73 Å². The van der Waals surface area contributed by atoms with E-state index in [1.165, 1.54) is 12.1 Å². The topological polar surface area (TPSA) is 98.3 Å². The van der Waals surface area contributed by atoms with E-state index >= 15 is 0 Å². The second kappa shape index (κ2) is 5.92. The number of nitrogens with two attached hydrogens (primary N) is 1. The lowest BCUT2D eigenvalue weighted by molar-refractivity contribution is -0.384. The molecule has 0 aromatic heterocycles. The fraction of sp³-hybridized carbons (Fsp3) is 0.0714. The van der Waals surface area contributed by atoms with E-state index < -0.39 is 10.8 Å². The Morgan fingerprint density at radius 1 is 1.29 bits per heavy atom. The van der Waals surface area contributed by atoms with Crippen molar-refractivity contribution in [3.05, 3.63) is 62.1 Å². The van der Waals surface area contributed by atoms with Crippen LogP contribution < -0.4 is 11.1 Å². The summed E-state index contributed by atoms with van der Waals surface area (Å²) in [7, 11) is 0. The number of carbonyl (C=O) groups excluding carboxylic acids is 1. The van der Waals surface area contributed by atoms with Crippen molar-refractivity contribution >= 4 is 38.9 Å². The van der Waals surface area contributed by atoms with Gasteiger partial charge in [0.05, 0.1) is 10.5 Å². The molecule has 0 aliphatic heterocycles. The smallest absolute Gasteiger partial charge is 0.270 e. The van der Waals surface area contributed by atoms with Gasteiger partial charge in [-0.3, -0.25) is 14.9 Å². The molecule has 0 radical (unpaired) electrons. The molecule has 6 nitrogen and oxygen atoms in total. The van der Waals surface area contributed by atoms with Gasteiger partial charge < -0.3 is 11.1 Å². The first kappa shape index (κ1) is 15.0.